The van der Waals surface area contributed by atoms with E-state index < -0.39 is 0 Å². The molecular weight excluding hydrogens is 360 g/mol. The second-order valence-corrected chi connectivity index (χ2v) is 8.45. The zero-order chi connectivity index (χ0) is 20.0. The number of unbranched alkanes of at least 4 members (excludes halogenated alkanes) is 9. The zero-order valence-electron chi connectivity index (χ0n) is 17.9. The molecule has 0 amide bonds. The molecule has 3 heteroatoms. The first-order chi connectivity index (χ1) is 13.7. The predicted octanol–water partition coefficient (Wildman–Crippen LogP) is 7.85. The number of hydrogen-bond acceptors (Lipinski definition) is 3. The molecule has 0 bridgehead atoms. The van der Waals surface area contributed by atoms with Crippen molar-refractivity contribution in [1.82, 2.24) is 9.97 Å². The van der Waals surface area contributed by atoms with Crippen LogP contribution in [0.5, 0.6) is 0 Å². The quantitative estimate of drug-likeness (QED) is 0.259. The fourth-order valence-electron chi connectivity index (χ4n) is 3.66. The van der Waals surface area contributed by atoms with Gasteiger partial charge < -0.3 is 0 Å². The molecule has 1 heterocycles. The van der Waals surface area contributed by atoms with Crippen molar-refractivity contribution in [3.8, 4) is 11.4 Å². The highest BCUT2D eigenvalue weighted by Crippen LogP contribution is 2.25. The van der Waals surface area contributed by atoms with Gasteiger partial charge in [-0.3, -0.25) is 0 Å². The molecule has 2 aromatic rings. The molecule has 0 aliphatic carbocycles. The van der Waals surface area contributed by atoms with Gasteiger partial charge in [0.05, 0.1) is 0 Å². The average Bonchev–Trinajstić information content (AvgIpc) is 2.71. The number of nitrogens with zero attached hydrogens (tertiary/aromatic N) is 2. The van der Waals surface area contributed by atoms with Gasteiger partial charge in [0.15, 0.2) is 5.82 Å². The molecule has 0 saturated carbocycles. The molecule has 28 heavy (non-hydrogen) atoms. The maximum Gasteiger partial charge on any atom is 0.159 e. The summed E-state index contributed by atoms with van der Waals surface area (Å²) in [6.07, 6.45) is 20.6. The third-order valence-electron chi connectivity index (χ3n) is 5.40. The van der Waals surface area contributed by atoms with Crippen LogP contribution in [0.25, 0.3) is 11.4 Å². The molecule has 0 spiro atoms. The highest BCUT2D eigenvalue weighted by molar-refractivity contribution is 7.80. The third-order valence-corrected chi connectivity index (χ3v) is 5.68. The van der Waals surface area contributed by atoms with E-state index in [1.165, 1.54) is 87.3 Å². The molecule has 0 saturated heterocycles. The summed E-state index contributed by atoms with van der Waals surface area (Å²) in [6, 6.07) is 6.37. The van der Waals surface area contributed by atoms with E-state index in [1.54, 1.807) is 0 Å². The van der Waals surface area contributed by atoms with E-state index >= 15 is 0 Å². The Morgan fingerprint density at radius 1 is 0.714 bits per heavy atom. The standard InChI is InChI=1S/C25H38N2S/c1-3-5-7-9-11-13-15-22-18-23(28)16-17-24(22)25-26-19-21(20-27-25)14-12-10-8-6-4-2/h16-20,28H,3-15H2,1-2H3. The Hall–Kier alpha value is -1.35. The Morgan fingerprint density at radius 3 is 1.93 bits per heavy atom. The summed E-state index contributed by atoms with van der Waals surface area (Å²) in [5.41, 5.74) is 3.75. The second kappa shape index (κ2) is 13.8. The fourth-order valence-corrected chi connectivity index (χ4v) is 3.89. The molecule has 0 N–H and O–H groups in total. The number of thiol groups is 1. The fraction of sp³-hybridized carbons (Fsp3) is 0.600. The molecule has 2 rings (SSSR count). The monoisotopic (exact) mass is 398 g/mol. The Balaban J connectivity index is 1.92. The summed E-state index contributed by atoms with van der Waals surface area (Å²) >= 11 is 4.54. The van der Waals surface area contributed by atoms with Gasteiger partial charge in [0.1, 0.15) is 0 Å². The molecule has 154 valence electrons. The van der Waals surface area contributed by atoms with Gasteiger partial charge in [-0.25, -0.2) is 9.97 Å². The minimum Gasteiger partial charge on any atom is -0.236 e. The van der Waals surface area contributed by atoms with Gasteiger partial charge in [0.2, 0.25) is 0 Å². The van der Waals surface area contributed by atoms with Crippen LogP contribution in [0.3, 0.4) is 0 Å². The van der Waals surface area contributed by atoms with Gasteiger partial charge in [0.25, 0.3) is 0 Å². The van der Waals surface area contributed by atoms with Crippen molar-refractivity contribution in [2.45, 2.75) is 102 Å². The van der Waals surface area contributed by atoms with Crippen LogP contribution in [0.15, 0.2) is 35.5 Å². The van der Waals surface area contributed by atoms with Crippen LogP contribution in [0.2, 0.25) is 0 Å². The van der Waals surface area contributed by atoms with Crippen molar-refractivity contribution < 1.29 is 0 Å². The van der Waals surface area contributed by atoms with Crippen LogP contribution in [0, 0.1) is 0 Å². The first kappa shape index (κ1) is 22.9. The van der Waals surface area contributed by atoms with E-state index in [1.807, 2.05) is 18.5 Å². The van der Waals surface area contributed by atoms with E-state index in [2.05, 4.69) is 48.6 Å². The molecule has 0 aliphatic heterocycles. The third kappa shape index (κ3) is 8.34. The summed E-state index contributed by atoms with van der Waals surface area (Å²) in [7, 11) is 0. The van der Waals surface area contributed by atoms with Crippen molar-refractivity contribution in [2.24, 2.45) is 0 Å². The molecule has 0 fully saturated rings. The van der Waals surface area contributed by atoms with E-state index in [-0.39, 0.29) is 0 Å². The predicted molar refractivity (Wildman–Crippen MR) is 124 cm³/mol. The lowest BCUT2D eigenvalue weighted by Crippen LogP contribution is -1.97. The van der Waals surface area contributed by atoms with Crippen LogP contribution >= 0.6 is 12.6 Å². The molecule has 1 aromatic carbocycles. The molecule has 0 aliphatic rings. The van der Waals surface area contributed by atoms with Crippen molar-refractivity contribution >= 4 is 12.6 Å². The van der Waals surface area contributed by atoms with Crippen molar-refractivity contribution in [2.75, 3.05) is 0 Å². The summed E-state index contributed by atoms with van der Waals surface area (Å²) < 4.78 is 0. The topological polar surface area (TPSA) is 25.8 Å². The Morgan fingerprint density at radius 2 is 1.29 bits per heavy atom. The Bertz CT molecular complexity index is 667. The van der Waals surface area contributed by atoms with Crippen LogP contribution in [0.1, 0.15) is 95.6 Å². The lowest BCUT2D eigenvalue weighted by Gasteiger charge is -2.10. The number of rotatable bonds is 14. The van der Waals surface area contributed by atoms with Crippen molar-refractivity contribution in [1.29, 1.82) is 0 Å². The molecule has 0 unspecified atom stereocenters. The molecule has 0 radical (unpaired) electrons. The maximum atomic E-state index is 4.69. The summed E-state index contributed by atoms with van der Waals surface area (Å²) in [5, 5.41) is 0. The Labute approximate surface area is 178 Å². The summed E-state index contributed by atoms with van der Waals surface area (Å²) in [5.74, 6) is 0.851. The van der Waals surface area contributed by atoms with Crippen molar-refractivity contribution in [3.05, 3.63) is 41.7 Å². The molecular formula is C25H38N2S. The van der Waals surface area contributed by atoms with E-state index in [4.69, 9.17) is 0 Å². The minimum absolute atomic E-state index is 0.851. The zero-order valence-corrected chi connectivity index (χ0v) is 18.8. The van der Waals surface area contributed by atoms with Gasteiger partial charge in [-0.1, -0.05) is 71.6 Å². The van der Waals surface area contributed by atoms with Crippen LogP contribution < -0.4 is 0 Å². The highest BCUT2D eigenvalue weighted by atomic mass is 32.1. The number of benzene rings is 1. The van der Waals surface area contributed by atoms with Gasteiger partial charge in [-0.15, -0.1) is 12.6 Å². The molecule has 0 atom stereocenters. The number of aryl methyl sites for hydroxylation is 2. The minimum atomic E-state index is 0.851. The lowest BCUT2D eigenvalue weighted by atomic mass is 9.99. The molecule has 2 nitrogen and oxygen atoms in total. The average molecular weight is 399 g/mol. The second-order valence-electron chi connectivity index (χ2n) is 7.94. The summed E-state index contributed by atoms with van der Waals surface area (Å²) in [4.78, 5) is 10.4. The van der Waals surface area contributed by atoms with Crippen LogP contribution in [-0.2, 0) is 12.8 Å². The van der Waals surface area contributed by atoms with Gasteiger partial charge >= 0.3 is 0 Å². The summed E-state index contributed by atoms with van der Waals surface area (Å²) in [6.45, 7) is 4.52. The lowest BCUT2D eigenvalue weighted by molar-refractivity contribution is 0.607. The van der Waals surface area contributed by atoms with E-state index in [0.29, 0.717) is 0 Å². The van der Waals surface area contributed by atoms with Crippen molar-refractivity contribution in [3.63, 3.8) is 0 Å². The first-order valence-electron chi connectivity index (χ1n) is 11.4. The van der Waals surface area contributed by atoms with E-state index in [9.17, 15) is 0 Å². The number of aromatic nitrogens is 2. The number of hydrogen-bond donors (Lipinski definition) is 1. The van der Waals surface area contributed by atoms with Gasteiger partial charge in [0, 0.05) is 22.9 Å². The van der Waals surface area contributed by atoms with Crippen LogP contribution in [-0.4, -0.2) is 9.97 Å². The molecule has 1 aromatic heterocycles. The highest BCUT2D eigenvalue weighted by Gasteiger charge is 2.09. The van der Waals surface area contributed by atoms with Gasteiger partial charge in [-0.2, -0.15) is 0 Å². The van der Waals surface area contributed by atoms with Gasteiger partial charge in [-0.05, 0) is 55.0 Å². The smallest absolute Gasteiger partial charge is 0.159 e. The maximum absolute atomic E-state index is 4.69. The largest absolute Gasteiger partial charge is 0.236 e. The Kier molecular flexibility index (Phi) is 11.3. The first-order valence-corrected chi connectivity index (χ1v) is 11.8. The normalized spacial score (nSPS) is 11.1. The van der Waals surface area contributed by atoms with E-state index in [0.717, 1.165) is 23.6 Å². The van der Waals surface area contributed by atoms with Crippen LogP contribution in [0.4, 0.5) is 0 Å². The SMILES string of the molecule is CCCCCCCCc1cc(S)ccc1-c1ncc(CCCCCCC)cn1.